The van der Waals surface area contributed by atoms with Crippen LogP contribution in [0.5, 0.6) is 5.75 Å². The number of methoxy groups -OCH3 is 1. The Kier molecular flexibility index (Phi) is 5.44. The number of hydrogen-bond donors (Lipinski definition) is 2. The maximum Gasteiger partial charge on any atom is 0.325 e. The van der Waals surface area contributed by atoms with E-state index >= 15 is 0 Å². The second-order valence-electron chi connectivity index (χ2n) is 4.43. The van der Waals surface area contributed by atoms with E-state index in [1.807, 2.05) is 13.8 Å². The summed E-state index contributed by atoms with van der Waals surface area (Å²) in [5.41, 5.74) is 0.467. The van der Waals surface area contributed by atoms with Crippen molar-refractivity contribution in [3.05, 3.63) is 28.8 Å². The second-order valence-corrected chi connectivity index (χ2v) is 4.84. The Morgan fingerprint density at radius 2 is 2.17 bits per heavy atom. The summed E-state index contributed by atoms with van der Waals surface area (Å²) in [6.07, 6.45) is 0. The van der Waals surface area contributed by atoms with Crippen molar-refractivity contribution in [2.45, 2.75) is 19.9 Å². The number of hydrogen-bond acceptors (Lipinski definition) is 3. The number of carboxylic acids is 1. The van der Waals surface area contributed by atoms with Gasteiger partial charge in [0.05, 0.1) is 7.11 Å². The quantitative estimate of drug-likeness (QED) is 0.835. The molecule has 18 heavy (non-hydrogen) atoms. The number of benzene rings is 1. The normalized spacial score (nSPS) is 12.5. The Labute approximate surface area is 112 Å². The van der Waals surface area contributed by atoms with Crippen molar-refractivity contribution >= 4 is 17.6 Å². The third-order valence-electron chi connectivity index (χ3n) is 2.50. The maximum atomic E-state index is 11.4. The van der Waals surface area contributed by atoms with E-state index in [1.165, 1.54) is 7.11 Å². The third-order valence-corrected chi connectivity index (χ3v) is 2.83. The minimum Gasteiger partial charge on any atom is -0.496 e. The maximum absolute atomic E-state index is 11.4. The first-order chi connectivity index (χ1) is 8.47. The molecule has 1 aromatic carbocycles. The Bertz CT molecular complexity index is 421. The van der Waals surface area contributed by atoms with Gasteiger partial charge in [0.2, 0.25) is 0 Å². The molecule has 0 bridgehead atoms. The van der Waals surface area contributed by atoms with E-state index in [4.69, 9.17) is 16.3 Å². The van der Waals surface area contributed by atoms with Crippen molar-refractivity contribution in [3.63, 3.8) is 0 Å². The average Bonchev–Trinajstić information content (AvgIpc) is 2.30. The van der Waals surface area contributed by atoms with Crippen LogP contribution >= 0.6 is 11.6 Å². The SMILES string of the molecule is COc1cccc(Cl)c1C(NCC(C)C)C(=O)O. The summed E-state index contributed by atoms with van der Waals surface area (Å²) in [7, 11) is 1.50. The lowest BCUT2D eigenvalue weighted by Gasteiger charge is -2.19. The van der Waals surface area contributed by atoms with Gasteiger partial charge in [0.15, 0.2) is 0 Å². The topological polar surface area (TPSA) is 58.6 Å². The molecule has 1 aromatic rings. The van der Waals surface area contributed by atoms with Gasteiger partial charge in [-0.15, -0.1) is 0 Å². The van der Waals surface area contributed by atoms with Gasteiger partial charge >= 0.3 is 5.97 Å². The highest BCUT2D eigenvalue weighted by Crippen LogP contribution is 2.32. The van der Waals surface area contributed by atoms with Crippen LogP contribution in [-0.4, -0.2) is 24.7 Å². The van der Waals surface area contributed by atoms with E-state index in [0.717, 1.165) is 0 Å². The predicted molar refractivity (Wildman–Crippen MR) is 71.2 cm³/mol. The molecule has 0 saturated heterocycles. The molecule has 0 aliphatic rings. The van der Waals surface area contributed by atoms with Gasteiger partial charge in [0.1, 0.15) is 11.8 Å². The van der Waals surface area contributed by atoms with Crippen LogP contribution in [0.4, 0.5) is 0 Å². The number of ether oxygens (including phenoxy) is 1. The summed E-state index contributed by atoms with van der Waals surface area (Å²) < 4.78 is 5.18. The zero-order valence-electron chi connectivity index (χ0n) is 10.7. The summed E-state index contributed by atoms with van der Waals surface area (Å²) in [5.74, 6) is -0.145. The summed E-state index contributed by atoms with van der Waals surface area (Å²) in [5, 5.41) is 12.7. The van der Waals surface area contributed by atoms with Crippen molar-refractivity contribution in [2.24, 2.45) is 5.92 Å². The lowest BCUT2D eigenvalue weighted by molar-refractivity contribution is -0.139. The fourth-order valence-electron chi connectivity index (χ4n) is 1.64. The molecule has 1 unspecified atom stereocenters. The molecule has 0 fully saturated rings. The molecule has 2 N–H and O–H groups in total. The molecule has 0 saturated carbocycles. The Morgan fingerprint density at radius 1 is 1.50 bits per heavy atom. The van der Waals surface area contributed by atoms with Crippen LogP contribution in [0.15, 0.2) is 18.2 Å². The monoisotopic (exact) mass is 271 g/mol. The molecule has 4 nitrogen and oxygen atoms in total. The summed E-state index contributed by atoms with van der Waals surface area (Å²) >= 11 is 6.08. The van der Waals surface area contributed by atoms with Gasteiger partial charge in [-0.25, -0.2) is 0 Å². The lowest BCUT2D eigenvalue weighted by Crippen LogP contribution is -2.31. The number of rotatable bonds is 6. The molecule has 0 spiro atoms. The van der Waals surface area contributed by atoms with Gasteiger partial charge in [-0.1, -0.05) is 31.5 Å². The minimum atomic E-state index is -0.970. The van der Waals surface area contributed by atoms with E-state index in [2.05, 4.69) is 5.32 Å². The number of carboxylic acid groups (broad SMARTS) is 1. The zero-order chi connectivity index (χ0) is 13.7. The Morgan fingerprint density at radius 3 is 2.67 bits per heavy atom. The van der Waals surface area contributed by atoms with Crippen molar-refractivity contribution in [1.82, 2.24) is 5.32 Å². The predicted octanol–water partition coefficient (Wildman–Crippen LogP) is 2.72. The van der Waals surface area contributed by atoms with E-state index in [0.29, 0.717) is 28.8 Å². The summed E-state index contributed by atoms with van der Waals surface area (Å²) in [6.45, 7) is 4.61. The van der Waals surface area contributed by atoms with E-state index in [1.54, 1.807) is 18.2 Å². The third kappa shape index (κ3) is 3.62. The van der Waals surface area contributed by atoms with Gasteiger partial charge < -0.3 is 15.2 Å². The van der Waals surface area contributed by atoms with Gasteiger partial charge in [-0.05, 0) is 24.6 Å². The molecular formula is C13H18ClNO3. The number of halogens is 1. The second kappa shape index (κ2) is 6.61. The molecule has 0 aliphatic carbocycles. The highest BCUT2D eigenvalue weighted by Gasteiger charge is 2.25. The molecule has 5 heteroatoms. The fraction of sp³-hybridized carbons (Fsp3) is 0.462. The first kappa shape index (κ1) is 14.8. The molecule has 1 atom stereocenters. The molecular weight excluding hydrogens is 254 g/mol. The first-order valence-electron chi connectivity index (χ1n) is 5.76. The summed E-state index contributed by atoms with van der Waals surface area (Å²) in [4.78, 5) is 11.4. The van der Waals surface area contributed by atoms with Gasteiger partial charge in [0.25, 0.3) is 0 Å². The van der Waals surface area contributed by atoms with Crippen LogP contribution in [0.3, 0.4) is 0 Å². The van der Waals surface area contributed by atoms with Gasteiger partial charge in [-0.3, -0.25) is 4.79 Å². The van der Waals surface area contributed by atoms with Crippen molar-refractivity contribution < 1.29 is 14.6 Å². The molecule has 0 aromatic heterocycles. The van der Waals surface area contributed by atoms with Crippen LogP contribution in [0.25, 0.3) is 0 Å². The van der Waals surface area contributed by atoms with Crippen LogP contribution in [0, 0.1) is 5.92 Å². The number of aliphatic carboxylic acids is 1. The molecule has 100 valence electrons. The van der Waals surface area contributed by atoms with E-state index in [-0.39, 0.29) is 0 Å². The minimum absolute atomic E-state index is 0.348. The smallest absolute Gasteiger partial charge is 0.325 e. The van der Waals surface area contributed by atoms with Crippen LogP contribution in [-0.2, 0) is 4.79 Å². The van der Waals surface area contributed by atoms with E-state index < -0.39 is 12.0 Å². The summed E-state index contributed by atoms with van der Waals surface area (Å²) in [6, 6.07) is 4.23. The van der Waals surface area contributed by atoms with E-state index in [9.17, 15) is 9.90 Å². The molecule has 0 aliphatic heterocycles. The molecule has 0 amide bonds. The van der Waals surface area contributed by atoms with Crippen LogP contribution in [0.1, 0.15) is 25.5 Å². The lowest BCUT2D eigenvalue weighted by atomic mass is 10.0. The number of carbonyl (C=O) groups is 1. The Balaban J connectivity index is 3.09. The van der Waals surface area contributed by atoms with Crippen molar-refractivity contribution in [2.75, 3.05) is 13.7 Å². The number of nitrogens with one attached hydrogen (secondary N) is 1. The van der Waals surface area contributed by atoms with Crippen LogP contribution in [0.2, 0.25) is 5.02 Å². The fourth-order valence-corrected chi connectivity index (χ4v) is 1.92. The Hall–Kier alpha value is -1.26. The zero-order valence-corrected chi connectivity index (χ0v) is 11.5. The average molecular weight is 272 g/mol. The standard InChI is InChI=1S/C13H18ClNO3/c1-8(2)7-15-12(13(16)17)11-9(14)5-4-6-10(11)18-3/h4-6,8,12,15H,7H2,1-3H3,(H,16,17). The highest BCUT2D eigenvalue weighted by molar-refractivity contribution is 6.31. The van der Waals surface area contributed by atoms with Crippen molar-refractivity contribution in [1.29, 1.82) is 0 Å². The van der Waals surface area contributed by atoms with Crippen LogP contribution < -0.4 is 10.1 Å². The molecule has 1 rings (SSSR count). The first-order valence-corrected chi connectivity index (χ1v) is 6.13. The highest BCUT2D eigenvalue weighted by atomic mass is 35.5. The van der Waals surface area contributed by atoms with Crippen molar-refractivity contribution in [3.8, 4) is 5.75 Å². The van der Waals surface area contributed by atoms with Gasteiger partial charge in [-0.2, -0.15) is 0 Å². The largest absolute Gasteiger partial charge is 0.496 e. The van der Waals surface area contributed by atoms with Gasteiger partial charge in [0, 0.05) is 10.6 Å². The molecule has 0 radical (unpaired) electrons. The molecule has 0 heterocycles.